The fourth-order valence-corrected chi connectivity index (χ4v) is 2.13. The van der Waals surface area contributed by atoms with Crippen LogP contribution in [-0.4, -0.2) is 4.57 Å². The van der Waals surface area contributed by atoms with Crippen molar-refractivity contribution in [2.75, 3.05) is 5.32 Å². The van der Waals surface area contributed by atoms with E-state index in [0.717, 1.165) is 22.3 Å². The number of pyridine rings is 1. The van der Waals surface area contributed by atoms with E-state index >= 15 is 0 Å². The molecule has 0 saturated carbocycles. The van der Waals surface area contributed by atoms with Crippen LogP contribution in [0.15, 0.2) is 65.5 Å². The van der Waals surface area contributed by atoms with Crippen LogP contribution in [0.4, 0.5) is 11.4 Å². The topological polar surface area (TPSA) is 34.0 Å². The Morgan fingerprint density at radius 1 is 0.895 bits per heavy atom. The summed E-state index contributed by atoms with van der Waals surface area (Å²) in [5.41, 5.74) is 2.93. The lowest BCUT2D eigenvalue weighted by molar-refractivity contribution is 0.906. The van der Waals surface area contributed by atoms with Crippen molar-refractivity contribution in [3.8, 4) is 0 Å². The third-order valence-corrected chi connectivity index (χ3v) is 3.19. The standard InChI is InChI=1S/C16H14N2O/c1-18-15-11-14(17-13-5-3-2-4-6-13)9-7-12(15)8-10-16(18)19/h2-11,17H,1H3. The smallest absolute Gasteiger partial charge is 0.250 e. The molecule has 1 aromatic heterocycles. The van der Waals surface area contributed by atoms with Crippen molar-refractivity contribution >= 4 is 22.3 Å². The highest BCUT2D eigenvalue weighted by Gasteiger charge is 2.01. The minimum atomic E-state index is 0.00404. The number of anilines is 2. The van der Waals surface area contributed by atoms with Crippen molar-refractivity contribution in [1.29, 1.82) is 0 Å². The molecule has 0 amide bonds. The maximum absolute atomic E-state index is 11.6. The predicted molar refractivity (Wildman–Crippen MR) is 78.9 cm³/mol. The average Bonchev–Trinajstić information content (AvgIpc) is 2.45. The first-order valence-electron chi connectivity index (χ1n) is 6.16. The quantitative estimate of drug-likeness (QED) is 0.757. The Kier molecular flexibility index (Phi) is 2.80. The number of aryl methyl sites for hydroxylation is 1. The molecule has 0 fully saturated rings. The molecular formula is C16H14N2O. The largest absolute Gasteiger partial charge is 0.355 e. The zero-order valence-electron chi connectivity index (χ0n) is 10.6. The molecule has 3 rings (SSSR count). The highest BCUT2D eigenvalue weighted by Crippen LogP contribution is 2.20. The van der Waals surface area contributed by atoms with Crippen molar-refractivity contribution in [3.05, 3.63) is 71.0 Å². The van der Waals surface area contributed by atoms with Crippen LogP contribution in [0.2, 0.25) is 0 Å². The Balaban J connectivity index is 2.06. The second-order valence-electron chi connectivity index (χ2n) is 4.50. The van der Waals surface area contributed by atoms with E-state index in [0.29, 0.717) is 0 Å². The maximum Gasteiger partial charge on any atom is 0.250 e. The van der Waals surface area contributed by atoms with E-state index in [1.165, 1.54) is 0 Å². The molecule has 0 aliphatic carbocycles. The first-order chi connectivity index (χ1) is 9.24. The predicted octanol–water partition coefficient (Wildman–Crippen LogP) is 3.28. The molecule has 0 spiro atoms. The second-order valence-corrected chi connectivity index (χ2v) is 4.50. The van der Waals surface area contributed by atoms with Crippen LogP contribution >= 0.6 is 0 Å². The lowest BCUT2D eigenvalue weighted by Crippen LogP contribution is -2.14. The maximum atomic E-state index is 11.6. The number of aromatic nitrogens is 1. The summed E-state index contributed by atoms with van der Waals surface area (Å²) in [5.74, 6) is 0. The van der Waals surface area contributed by atoms with Gasteiger partial charge in [0, 0.05) is 24.5 Å². The molecule has 3 aromatic rings. The molecule has 1 N–H and O–H groups in total. The first kappa shape index (κ1) is 11.5. The van der Waals surface area contributed by atoms with Crippen molar-refractivity contribution in [2.24, 2.45) is 7.05 Å². The minimum absolute atomic E-state index is 0.00404. The SMILES string of the molecule is Cn1c(=O)ccc2ccc(Nc3ccccc3)cc21. The molecule has 0 aliphatic rings. The molecule has 0 unspecified atom stereocenters. The van der Waals surface area contributed by atoms with Crippen LogP contribution in [0.1, 0.15) is 0 Å². The number of nitrogens with zero attached hydrogens (tertiary/aromatic N) is 1. The van der Waals surface area contributed by atoms with Gasteiger partial charge in [-0.25, -0.2) is 0 Å². The summed E-state index contributed by atoms with van der Waals surface area (Å²) >= 11 is 0. The summed E-state index contributed by atoms with van der Waals surface area (Å²) in [6, 6.07) is 19.4. The number of rotatable bonds is 2. The summed E-state index contributed by atoms with van der Waals surface area (Å²) in [6.45, 7) is 0. The van der Waals surface area contributed by atoms with Gasteiger partial charge in [-0.2, -0.15) is 0 Å². The molecule has 0 radical (unpaired) electrons. The molecular weight excluding hydrogens is 236 g/mol. The van der Waals surface area contributed by atoms with Crippen molar-refractivity contribution in [1.82, 2.24) is 4.57 Å². The van der Waals surface area contributed by atoms with E-state index in [9.17, 15) is 4.79 Å². The third-order valence-electron chi connectivity index (χ3n) is 3.19. The van der Waals surface area contributed by atoms with Gasteiger partial charge < -0.3 is 9.88 Å². The number of hydrogen-bond donors (Lipinski definition) is 1. The van der Waals surface area contributed by atoms with Crippen LogP contribution < -0.4 is 10.9 Å². The van der Waals surface area contributed by atoms with Crippen molar-refractivity contribution in [2.45, 2.75) is 0 Å². The van der Waals surface area contributed by atoms with Gasteiger partial charge >= 0.3 is 0 Å². The first-order valence-corrected chi connectivity index (χ1v) is 6.16. The van der Waals surface area contributed by atoms with Gasteiger partial charge in [0.1, 0.15) is 0 Å². The monoisotopic (exact) mass is 250 g/mol. The van der Waals surface area contributed by atoms with Gasteiger partial charge in [0.05, 0.1) is 5.52 Å². The molecule has 0 atom stereocenters. The van der Waals surface area contributed by atoms with E-state index in [4.69, 9.17) is 0 Å². The lowest BCUT2D eigenvalue weighted by Gasteiger charge is -2.09. The van der Waals surface area contributed by atoms with Crippen LogP contribution in [0.3, 0.4) is 0 Å². The van der Waals surface area contributed by atoms with Crippen LogP contribution in [-0.2, 0) is 7.05 Å². The lowest BCUT2D eigenvalue weighted by atomic mass is 10.2. The molecule has 0 bridgehead atoms. The normalized spacial score (nSPS) is 10.6. The van der Waals surface area contributed by atoms with E-state index in [2.05, 4.69) is 5.32 Å². The average molecular weight is 250 g/mol. The zero-order valence-corrected chi connectivity index (χ0v) is 10.6. The zero-order chi connectivity index (χ0) is 13.2. The molecule has 3 nitrogen and oxygen atoms in total. The van der Waals surface area contributed by atoms with Crippen LogP contribution in [0.5, 0.6) is 0 Å². The fraction of sp³-hybridized carbons (Fsp3) is 0.0625. The summed E-state index contributed by atoms with van der Waals surface area (Å²) in [4.78, 5) is 11.6. The number of fused-ring (bicyclic) bond motifs is 1. The highest BCUT2D eigenvalue weighted by atomic mass is 16.1. The molecule has 1 heterocycles. The molecule has 0 saturated heterocycles. The van der Waals surface area contributed by atoms with Gasteiger partial charge in [-0.05, 0) is 35.7 Å². The molecule has 19 heavy (non-hydrogen) atoms. The summed E-state index contributed by atoms with van der Waals surface area (Å²) in [7, 11) is 1.79. The fourth-order valence-electron chi connectivity index (χ4n) is 2.13. The Morgan fingerprint density at radius 2 is 1.63 bits per heavy atom. The third kappa shape index (κ3) is 2.22. The molecule has 94 valence electrons. The van der Waals surface area contributed by atoms with Gasteiger partial charge in [0.2, 0.25) is 0 Å². The van der Waals surface area contributed by atoms with Gasteiger partial charge in [0.15, 0.2) is 0 Å². The van der Waals surface area contributed by atoms with E-state index in [1.54, 1.807) is 17.7 Å². The summed E-state index contributed by atoms with van der Waals surface area (Å²) in [5, 5.41) is 4.38. The highest BCUT2D eigenvalue weighted by molar-refractivity contribution is 5.83. The number of hydrogen-bond acceptors (Lipinski definition) is 2. The van der Waals surface area contributed by atoms with Gasteiger partial charge in [-0.15, -0.1) is 0 Å². The molecule has 2 aromatic carbocycles. The Hall–Kier alpha value is -2.55. The van der Waals surface area contributed by atoms with E-state index < -0.39 is 0 Å². The summed E-state index contributed by atoms with van der Waals surface area (Å²) < 4.78 is 1.66. The molecule has 0 aliphatic heterocycles. The number of nitrogens with one attached hydrogen (secondary N) is 1. The van der Waals surface area contributed by atoms with Crippen LogP contribution in [0.25, 0.3) is 10.9 Å². The Labute approximate surface area is 111 Å². The van der Waals surface area contributed by atoms with Crippen LogP contribution in [0, 0.1) is 0 Å². The molecule has 3 heteroatoms. The Bertz CT molecular complexity index is 776. The summed E-state index contributed by atoms with van der Waals surface area (Å²) in [6.07, 6.45) is 0. The van der Waals surface area contributed by atoms with Gasteiger partial charge in [-0.3, -0.25) is 4.79 Å². The number of para-hydroxylation sites is 1. The van der Waals surface area contributed by atoms with Gasteiger partial charge in [-0.1, -0.05) is 24.3 Å². The minimum Gasteiger partial charge on any atom is -0.355 e. The van der Waals surface area contributed by atoms with Crippen molar-refractivity contribution < 1.29 is 0 Å². The van der Waals surface area contributed by atoms with Crippen molar-refractivity contribution in [3.63, 3.8) is 0 Å². The van der Waals surface area contributed by atoms with Gasteiger partial charge in [0.25, 0.3) is 5.56 Å². The number of benzene rings is 2. The Morgan fingerprint density at radius 3 is 2.42 bits per heavy atom. The van der Waals surface area contributed by atoms with E-state index in [-0.39, 0.29) is 5.56 Å². The van der Waals surface area contributed by atoms with E-state index in [1.807, 2.05) is 54.6 Å². The second kappa shape index (κ2) is 4.61.